The lowest BCUT2D eigenvalue weighted by molar-refractivity contribution is -0.272. The van der Waals surface area contributed by atoms with Crippen LogP contribution in [0.15, 0.2) is 18.2 Å². The van der Waals surface area contributed by atoms with E-state index >= 15 is 0 Å². The maximum absolute atomic E-state index is 12.0. The average molecular weight is 264 g/mol. The van der Waals surface area contributed by atoms with Gasteiger partial charge in [0.2, 0.25) is 0 Å². The maximum Gasteiger partial charge on any atom is 0.338 e. The molecule has 0 bridgehead atoms. The van der Waals surface area contributed by atoms with Gasteiger partial charge in [0.25, 0.3) is 0 Å². The summed E-state index contributed by atoms with van der Waals surface area (Å²) in [7, 11) is 0. The van der Waals surface area contributed by atoms with Crippen LogP contribution in [0.2, 0.25) is 0 Å². The molecule has 19 heavy (non-hydrogen) atoms. The Morgan fingerprint density at radius 3 is 2.42 bits per heavy atom. The lowest BCUT2D eigenvalue weighted by Crippen LogP contribution is -2.43. The Labute approximate surface area is 113 Å². The van der Waals surface area contributed by atoms with Gasteiger partial charge in [0.15, 0.2) is 5.79 Å². The molecule has 1 saturated heterocycles. The second-order valence-electron chi connectivity index (χ2n) is 5.35. The Morgan fingerprint density at radius 1 is 1.21 bits per heavy atom. The van der Waals surface area contributed by atoms with Crippen molar-refractivity contribution in [2.24, 2.45) is 0 Å². The van der Waals surface area contributed by atoms with Gasteiger partial charge in [0.1, 0.15) is 6.10 Å². The van der Waals surface area contributed by atoms with Crippen molar-refractivity contribution in [3.8, 4) is 0 Å². The van der Waals surface area contributed by atoms with Crippen LogP contribution in [0, 0.1) is 13.8 Å². The molecule has 0 amide bonds. The molecule has 104 valence electrons. The molecule has 0 atom stereocenters. The molecular formula is C15H20O4. The first-order valence-electron chi connectivity index (χ1n) is 6.43. The van der Waals surface area contributed by atoms with Crippen LogP contribution in [-0.4, -0.2) is 31.1 Å². The van der Waals surface area contributed by atoms with Crippen LogP contribution in [-0.2, 0) is 14.2 Å². The molecule has 1 heterocycles. The first-order valence-corrected chi connectivity index (χ1v) is 6.43. The number of esters is 1. The van der Waals surface area contributed by atoms with Crippen LogP contribution in [0.5, 0.6) is 0 Å². The number of rotatable bonds is 2. The number of carbonyl (C=O) groups excluding carboxylic acids is 1. The summed E-state index contributed by atoms with van der Waals surface area (Å²) in [6.07, 6.45) is -0.345. The fourth-order valence-electron chi connectivity index (χ4n) is 1.83. The minimum atomic E-state index is -0.594. The minimum absolute atomic E-state index is 0.333. The van der Waals surface area contributed by atoms with E-state index in [1.54, 1.807) is 6.07 Å². The van der Waals surface area contributed by atoms with Crippen molar-refractivity contribution in [1.82, 2.24) is 0 Å². The summed E-state index contributed by atoms with van der Waals surface area (Å²) >= 11 is 0. The van der Waals surface area contributed by atoms with E-state index in [9.17, 15) is 4.79 Å². The molecule has 0 aliphatic carbocycles. The maximum atomic E-state index is 12.0. The van der Waals surface area contributed by atoms with Gasteiger partial charge in [-0.1, -0.05) is 6.07 Å². The van der Waals surface area contributed by atoms with Gasteiger partial charge in [-0.05, 0) is 51.0 Å². The van der Waals surface area contributed by atoms with E-state index in [0.29, 0.717) is 18.8 Å². The number of hydrogen-bond acceptors (Lipinski definition) is 4. The molecule has 4 heteroatoms. The van der Waals surface area contributed by atoms with E-state index in [1.807, 2.05) is 39.8 Å². The topological polar surface area (TPSA) is 44.8 Å². The molecule has 0 saturated carbocycles. The molecule has 4 nitrogen and oxygen atoms in total. The Morgan fingerprint density at radius 2 is 1.84 bits per heavy atom. The van der Waals surface area contributed by atoms with Gasteiger partial charge in [-0.3, -0.25) is 0 Å². The van der Waals surface area contributed by atoms with Crippen molar-refractivity contribution in [3.05, 3.63) is 34.9 Å². The minimum Gasteiger partial charge on any atom is -0.454 e. The monoisotopic (exact) mass is 264 g/mol. The van der Waals surface area contributed by atoms with Crippen LogP contribution in [0.1, 0.15) is 35.3 Å². The first kappa shape index (κ1) is 14.0. The first-order chi connectivity index (χ1) is 8.87. The van der Waals surface area contributed by atoms with Gasteiger partial charge in [-0.15, -0.1) is 0 Å². The highest BCUT2D eigenvalue weighted by atomic mass is 16.7. The summed E-state index contributed by atoms with van der Waals surface area (Å²) in [5, 5.41) is 0. The van der Waals surface area contributed by atoms with Crippen LogP contribution >= 0.6 is 0 Å². The van der Waals surface area contributed by atoms with Crippen LogP contribution in [0.3, 0.4) is 0 Å². The van der Waals surface area contributed by atoms with E-state index in [4.69, 9.17) is 14.2 Å². The molecule has 0 aromatic heterocycles. The molecule has 1 aromatic carbocycles. The summed E-state index contributed by atoms with van der Waals surface area (Å²) in [6, 6.07) is 5.54. The normalized spacial score (nSPS) is 19.2. The number of aryl methyl sites for hydroxylation is 2. The Kier molecular flexibility index (Phi) is 3.92. The second kappa shape index (κ2) is 5.31. The van der Waals surface area contributed by atoms with E-state index < -0.39 is 5.79 Å². The summed E-state index contributed by atoms with van der Waals surface area (Å²) in [4.78, 5) is 12.0. The molecule has 0 unspecified atom stereocenters. The molecule has 0 spiro atoms. The highest BCUT2D eigenvalue weighted by molar-refractivity contribution is 5.89. The van der Waals surface area contributed by atoms with E-state index in [2.05, 4.69) is 0 Å². The Bertz CT molecular complexity index is 469. The third kappa shape index (κ3) is 3.55. The highest BCUT2D eigenvalue weighted by Crippen LogP contribution is 2.19. The second-order valence-corrected chi connectivity index (χ2v) is 5.35. The molecule has 0 N–H and O–H groups in total. The Balaban J connectivity index is 1.96. The van der Waals surface area contributed by atoms with Gasteiger partial charge >= 0.3 is 5.97 Å². The molecule has 1 aliphatic heterocycles. The van der Waals surface area contributed by atoms with Gasteiger partial charge < -0.3 is 14.2 Å². The van der Waals surface area contributed by atoms with Crippen molar-refractivity contribution in [3.63, 3.8) is 0 Å². The lowest BCUT2D eigenvalue weighted by Gasteiger charge is -2.34. The van der Waals surface area contributed by atoms with Crippen molar-refractivity contribution >= 4 is 5.97 Å². The van der Waals surface area contributed by atoms with Crippen LogP contribution in [0.4, 0.5) is 0 Å². The van der Waals surface area contributed by atoms with Crippen LogP contribution in [0.25, 0.3) is 0 Å². The number of benzene rings is 1. The zero-order valence-electron chi connectivity index (χ0n) is 11.9. The fraction of sp³-hybridized carbons (Fsp3) is 0.533. The summed E-state index contributed by atoms with van der Waals surface area (Å²) in [6.45, 7) is 8.40. The third-order valence-electron chi connectivity index (χ3n) is 3.25. The van der Waals surface area contributed by atoms with Crippen LogP contribution < -0.4 is 0 Å². The van der Waals surface area contributed by atoms with Crippen molar-refractivity contribution in [2.45, 2.75) is 39.6 Å². The Hall–Kier alpha value is -1.39. The molecule has 1 aromatic rings. The molecular weight excluding hydrogens is 244 g/mol. The van der Waals surface area contributed by atoms with Crippen molar-refractivity contribution < 1.29 is 19.0 Å². The quantitative estimate of drug-likeness (QED) is 0.770. The number of hydrogen-bond donors (Lipinski definition) is 0. The number of carbonyl (C=O) groups is 1. The van der Waals surface area contributed by atoms with Crippen molar-refractivity contribution in [2.75, 3.05) is 13.2 Å². The third-order valence-corrected chi connectivity index (χ3v) is 3.25. The van der Waals surface area contributed by atoms with Gasteiger partial charge in [0.05, 0.1) is 18.8 Å². The zero-order valence-corrected chi connectivity index (χ0v) is 11.9. The predicted molar refractivity (Wildman–Crippen MR) is 71.1 cm³/mol. The predicted octanol–water partition coefficient (Wildman–Crippen LogP) is 2.61. The van der Waals surface area contributed by atoms with Gasteiger partial charge in [-0.2, -0.15) is 0 Å². The van der Waals surface area contributed by atoms with E-state index in [-0.39, 0.29) is 12.1 Å². The van der Waals surface area contributed by atoms with Crippen molar-refractivity contribution in [1.29, 1.82) is 0 Å². The molecule has 1 aliphatic rings. The summed E-state index contributed by atoms with van der Waals surface area (Å²) in [5.41, 5.74) is 2.79. The fourth-order valence-corrected chi connectivity index (χ4v) is 1.83. The van der Waals surface area contributed by atoms with E-state index in [0.717, 1.165) is 11.1 Å². The summed E-state index contributed by atoms with van der Waals surface area (Å²) in [5.74, 6) is -0.927. The SMILES string of the molecule is Cc1ccc(C(=O)OC2COC(C)(C)OC2)cc1C. The van der Waals surface area contributed by atoms with Gasteiger partial charge in [-0.25, -0.2) is 4.79 Å². The largest absolute Gasteiger partial charge is 0.454 e. The van der Waals surface area contributed by atoms with E-state index in [1.165, 1.54) is 0 Å². The summed E-state index contributed by atoms with van der Waals surface area (Å²) < 4.78 is 16.3. The molecule has 1 fully saturated rings. The number of ether oxygens (including phenoxy) is 3. The lowest BCUT2D eigenvalue weighted by atomic mass is 10.1. The standard InChI is InChI=1S/C15H20O4/c1-10-5-6-12(7-11(10)2)14(16)19-13-8-17-15(3,4)18-9-13/h5-7,13H,8-9H2,1-4H3. The van der Waals surface area contributed by atoms with Gasteiger partial charge in [0, 0.05) is 0 Å². The smallest absolute Gasteiger partial charge is 0.338 e. The molecule has 0 radical (unpaired) electrons. The molecule has 2 rings (SSSR count). The average Bonchev–Trinajstić information content (AvgIpc) is 2.35. The zero-order chi connectivity index (χ0) is 14.0. The highest BCUT2D eigenvalue weighted by Gasteiger charge is 2.30.